The third-order valence-corrected chi connectivity index (χ3v) is 6.35. The third-order valence-electron chi connectivity index (χ3n) is 6.35. The van der Waals surface area contributed by atoms with Crippen LogP contribution in [0.4, 0.5) is 4.79 Å². The molecule has 1 fully saturated rings. The van der Waals surface area contributed by atoms with Gasteiger partial charge in [0.1, 0.15) is 12.6 Å². The van der Waals surface area contributed by atoms with E-state index in [0.717, 1.165) is 27.2 Å². The lowest BCUT2D eigenvalue weighted by atomic mass is 9.98. The third kappa shape index (κ3) is 4.35. The minimum absolute atomic E-state index is 0.0465. The fourth-order valence-corrected chi connectivity index (χ4v) is 4.73. The lowest BCUT2D eigenvalue weighted by molar-refractivity contribution is -0.141. The molecule has 2 aromatic carbocycles. The Morgan fingerprint density at radius 3 is 2.40 bits per heavy atom. The largest absolute Gasteiger partial charge is 0.480 e. The van der Waals surface area contributed by atoms with Crippen molar-refractivity contribution in [3.63, 3.8) is 0 Å². The first-order valence-corrected chi connectivity index (χ1v) is 11.2. The Kier molecular flexibility index (Phi) is 5.96. The minimum Gasteiger partial charge on any atom is -0.480 e. The molecule has 0 saturated carbocycles. The van der Waals surface area contributed by atoms with Gasteiger partial charge in [0.25, 0.3) is 5.91 Å². The normalized spacial score (nSPS) is 18.7. The zero-order chi connectivity index (χ0) is 24.5. The van der Waals surface area contributed by atoms with E-state index in [1.807, 2.05) is 36.4 Å². The monoisotopic (exact) mass is 477 g/mol. The first kappa shape index (κ1) is 22.6. The number of nitrogens with zero attached hydrogens (tertiary/aromatic N) is 2. The van der Waals surface area contributed by atoms with Crippen molar-refractivity contribution in [2.75, 3.05) is 13.2 Å². The van der Waals surface area contributed by atoms with E-state index in [1.165, 1.54) is 6.07 Å². The summed E-state index contributed by atoms with van der Waals surface area (Å²) in [6, 6.07) is 16.3. The second-order valence-corrected chi connectivity index (χ2v) is 8.56. The fraction of sp³-hybridized carbons (Fsp3) is 0.280. The maximum atomic E-state index is 12.6. The van der Waals surface area contributed by atoms with E-state index < -0.39 is 30.1 Å². The molecule has 0 bridgehead atoms. The molecule has 180 valence electrons. The Labute approximate surface area is 200 Å². The molecule has 2 amide bonds. The smallest absolute Gasteiger partial charge is 0.407 e. The SMILES string of the molecule is O=C(NCc1cc(C(=O)N2C[C@H](O)C[C@@H]2C(=O)O)no1)OCC1c2ccccc2-c2ccccc21. The number of likely N-dealkylation sites (tertiary alicyclic amines) is 1. The van der Waals surface area contributed by atoms with Crippen molar-refractivity contribution in [1.82, 2.24) is 15.4 Å². The van der Waals surface area contributed by atoms with E-state index in [-0.39, 0.29) is 43.5 Å². The lowest BCUT2D eigenvalue weighted by Crippen LogP contribution is -2.40. The van der Waals surface area contributed by atoms with E-state index in [0.29, 0.717) is 0 Å². The number of benzene rings is 2. The molecule has 0 radical (unpaired) electrons. The van der Waals surface area contributed by atoms with Crippen molar-refractivity contribution in [1.29, 1.82) is 0 Å². The summed E-state index contributed by atoms with van der Waals surface area (Å²) in [6.07, 6.45) is -1.61. The van der Waals surface area contributed by atoms with Crippen LogP contribution >= 0.6 is 0 Å². The Hall–Kier alpha value is -4.18. The van der Waals surface area contributed by atoms with E-state index in [4.69, 9.17) is 9.26 Å². The van der Waals surface area contributed by atoms with Gasteiger partial charge in [-0.05, 0) is 22.3 Å². The molecule has 0 spiro atoms. The van der Waals surface area contributed by atoms with Gasteiger partial charge >= 0.3 is 12.1 Å². The number of aliphatic hydroxyl groups is 1. The standard InChI is InChI=1S/C25H23N3O7/c29-14-9-22(24(31)32)28(12-14)23(30)21-10-15(35-27-21)11-26-25(33)34-13-20-18-7-3-1-5-16(18)17-6-2-4-8-19(17)20/h1-8,10,14,20,22,29H,9,11-13H2,(H,26,33)(H,31,32)/t14-,22-/m1/s1. The van der Waals surface area contributed by atoms with Gasteiger partial charge in [-0.25, -0.2) is 9.59 Å². The summed E-state index contributed by atoms with van der Waals surface area (Å²) >= 11 is 0. The zero-order valence-corrected chi connectivity index (χ0v) is 18.6. The molecule has 35 heavy (non-hydrogen) atoms. The average molecular weight is 477 g/mol. The van der Waals surface area contributed by atoms with Crippen LogP contribution in [-0.4, -0.2) is 63.5 Å². The van der Waals surface area contributed by atoms with E-state index in [2.05, 4.69) is 22.6 Å². The quantitative estimate of drug-likeness (QED) is 0.491. The number of ether oxygens (including phenoxy) is 1. The molecule has 2 aliphatic rings. The molecule has 5 rings (SSSR count). The number of carbonyl (C=O) groups is 3. The van der Waals surface area contributed by atoms with Gasteiger partial charge in [0.15, 0.2) is 11.5 Å². The number of carboxylic acid groups (broad SMARTS) is 1. The van der Waals surface area contributed by atoms with Gasteiger partial charge < -0.3 is 29.7 Å². The number of amides is 2. The van der Waals surface area contributed by atoms with Crippen molar-refractivity contribution in [2.45, 2.75) is 31.0 Å². The van der Waals surface area contributed by atoms with Gasteiger partial charge in [0.2, 0.25) is 0 Å². The molecule has 10 heteroatoms. The summed E-state index contributed by atoms with van der Waals surface area (Å²) in [5.41, 5.74) is 4.37. The molecule has 1 aliphatic heterocycles. The van der Waals surface area contributed by atoms with Crippen LogP contribution in [0.25, 0.3) is 11.1 Å². The fourth-order valence-electron chi connectivity index (χ4n) is 4.73. The molecule has 1 aromatic heterocycles. The number of hydrogen-bond donors (Lipinski definition) is 3. The first-order chi connectivity index (χ1) is 16.9. The highest BCUT2D eigenvalue weighted by Crippen LogP contribution is 2.44. The molecular weight excluding hydrogens is 454 g/mol. The second kappa shape index (κ2) is 9.22. The number of alkyl carbamates (subject to hydrolysis) is 1. The maximum Gasteiger partial charge on any atom is 0.407 e. The van der Waals surface area contributed by atoms with Crippen molar-refractivity contribution >= 4 is 18.0 Å². The summed E-state index contributed by atoms with van der Waals surface area (Å²) in [4.78, 5) is 37.4. The zero-order valence-electron chi connectivity index (χ0n) is 18.6. The summed E-state index contributed by atoms with van der Waals surface area (Å²) < 4.78 is 10.6. The number of hydrogen-bond acceptors (Lipinski definition) is 7. The molecule has 3 N–H and O–H groups in total. The number of carbonyl (C=O) groups excluding carboxylic acids is 2. The number of carboxylic acids is 1. The van der Waals surface area contributed by atoms with Crippen LogP contribution < -0.4 is 5.32 Å². The number of β-amino-alcohol motifs (C(OH)–C–C–N with tert-alkyl or cyclic N) is 1. The number of nitrogens with one attached hydrogen (secondary N) is 1. The minimum atomic E-state index is -1.20. The number of aliphatic hydroxyl groups excluding tert-OH is 1. The van der Waals surface area contributed by atoms with Gasteiger partial charge in [0.05, 0.1) is 12.6 Å². The van der Waals surface area contributed by atoms with Crippen molar-refractivity contribution in [3.05, 3.63) is 77.2 Å². The Bertz CT molecular complexity index is 1240. The number of aromatic nitrogens is 1. The van der Waals surface area contributed by atoms with Crippen LogP contribution in [-0.2, 0) is 16.1 Å². The number of fused-ring (bicyclic) bond motifs is 3. The highest BCUT2D eigenvalue weighted by Gasteiger charge is 2.40. The molecule has 10 nitrogen and oxygen atoms in total. The molecular formula is C25H23N3O7. The van der Waals surface area contributed by atoms with Crippen LogP contribution in [0.1, 0.15) is 39.7 Å². The molecule has 3 aromatic rings. The van der Waals surface area contributed by atoms with E-state index in [9.17, 15) is 24.6 Å². The van der Waals surface area contributed by atoms with Crippen LogP contribution in [0, 0.1) is 0 Å². The first-order valence-electron chi connectivity index (χ1n) is 11.2. The van der Waals surface area contributed by atoms with Crippen molar-refractivity contribution < 1.29 is 33.9 Å². The van der Waals surface area contributed by atoms with Gasteiger partial charge in [-0.3, -0.25) is 4.79 Å². The molecule has 0 unspecified atom stereocenters. The highest BCUT2D eigenvalue weighted by molar-refractivity contribution is 5.95. The van der Waals surface area contributed by atoms with E-state index >= 15 is 0 Å². The van der Waals surface area contributed by atoms with Crippen LogP contribution in [0.15, 0.2) is 59.1 Å². The molecule has 2 atom stereocenters. The van der Waals surface area contributed by atoms with Gasteiger partial charge in [-0.2, -0.15) is 0 Å². The molecule has 1 aliphatic carbocycles. The number of aliphatic carboxylic acids is 1. The van der Waals surface area contributed by atoms with E-state index in [1.54, 1.807) is 0 Å². The summed E-state index contributed by atoms with van der Waals surface area (Å²) in [6.45, 7) is -0.00814. The van der Waals surface area contributed by atoms with Gasteiger partial charge in [-0.15, -0.1) is 0 Å². The summed E-state index contributed by atoms with van der Waals surface area (Å²) in [5, 5.41) is 25.3. The predicted molar refractivity (Wildman–Crippen MR) is 121 cm³/mol. The van der Waals surface area contributed by atoms with Gasteiger partial charge in [-0.1, -0.05) is 53.7 Å². The van der Waals surface area contributed by atoms with Crippen LogP contribution in [0.5, 0.6) is 0 Å². The van der Waals surface area contributed by atoms with Crippen LogP contribution in [0.2, 0.25) is 0 Å². The Morgan fingerprint density at radius 1 is 1.09 bits per heavy atom. The Morgan fingerprint density at radius 2 is 1.74 bits per heavy atom. The predicted octanol–water partition coefficient (Wildman–Crippen LogP) is 2.37. The van der Waals surface area contributed by atoms with Crippen molar-refractivity contribution in [2.24, 2.45) is 0 Å². The van der Waals surface area contributed by atoms with Crippen molar-refractivity contribution in [3.8, 4) is 11.1 Å². The summed E-state index contributed by atoms with van der Waals surface area (Å²) in [5.74, 6) is -1.73. The van der Waals surface area contributed by atoms with Gasteiger partial charge in [0, 0.05) is 24.9 Å². The molecule has 2 heterocycles. The highest BCUT2D eigenvalue weighted by atomic mass is 16.5. The topological polar surface area (TPSA) is 142 Å². The molecule has 1 saturated heterocycles. The maximum absolute atomic E-state index is 12.6. The van der Waals surface area contributed by atoms with Crippen LogP contribution in [0.3, 0.4) is 0 Å². The average Bonchev–Trinajstić information content (AvgIpc) is 3.57. The summed E-state index contributed by atoms with van der Waals surface area (Å²) in [7, 11) is 0. The lowest BCUT2D eigenvalue weighted by Gasteiger charge is -2.19. The second-order valence-electron chi connectivity index (χ2n) is 8.56. The Balaban J connectivity index is 1.17. The number of rotatable bonds is 6.